The first-order chi connectivity index (χ1) is 14.3. The second kappa shape index (κ2) is 9.47. The lowest BCUT2D eigenvalue weighted by Gasteiger charge is -2.43. The molecule has 0 amide bonds. The van der Waals surface area contributed by atoms with Crippen LogP contribution in [0.3, 0.4) is 0 Å². The lowest BCUT2D eigenvalue weighted by Crippen LogP contribution is -2.49. The van der Waals surface area contributed by atoms with Gasteiger partial charge in [-0.2, -0.15) is 0 Å². The largest absolute Gasteiger partial charge is 0.396 e. The third kappa shape index (κ3) is 4.25. The summed E-state index contributed by atoms with van der Waals surface area (Å²) < 4.78 is 1.59. The normalized spacial score (nSPS) is 19.1. The number of hydrogen-bond acceptors (Lipinski definition) is 6. The van der Waals surface area contributed by atoms with Crippen LogP contribution in [-0.2, 0) is 6.54 Å². The van der Waals surface area contributed by atoms with Crippen LogP contribution in [0.25, 0.3) is 0 Å². The molecule has 1 aliphatic heterocycles. The molecule has 0 radical (unpaired) electrons. The standard InChI is InChI=1S/C21H23Cl2N3O3S/c1-15(2)19-20(22)24(14-16-8-6-7-11-18(16)26(28)29)21(12-13-27,25(19)23)30-17-9-4-3-5-10-17/h3-11,15,27H,12-14H2,1-2H3. The van der Waals surface area contributed by atoms with E-state index in [2.05, 4.69) is 0 Å². The number of aliphatic hydroxyl groups is 1. The van der Waals surface area contributed by atoms with Crippen molar-refractivity contribution in [3.05, 3.63) is 81.1 Å². The van der Waals surface area contributed by atoms with Gasteiger partial charge in [0.15, 0.2) is 4.99 Å². The summed E-state index contributed by atoms with van der Waals surface area (Å²) in [5, 5.41) is 21.9. The molecule has 0 spiro atoms. The molecule has 0 aliphatic carbocycles. The zero-order valence-electron chi connectivity index (χ0n) is 16.7. The molecule has 0 bridgehead atoms. The van der Waals surface area contributed by atoms with E-state index in [0.29, 0.717) is 16.4 Å². The van der Waals surface area contributed by atoms with E-state index in [1.165, 1.54) is 17.8 Å². The topological polar surface area (TPSA) is 69.8 Å². The Bertz CT molecular complexity index is 942. The number of nitrogens with zero attached hydrogens (tertiary/aromatic N) is 3. The van der Waals surface area contributed by atoms with Crippen LogP contribution in [0.5, 0.6) is 0 Å². The summed E-state index contributed by atoms with van der Waals surface area (Å²) >= 11 is 15.1. The Balaban J connectivity index is 2.12. The molecule has 1 atom stereocenters. The lowest BCUT2D eigenvalue weighted by molar-refractivity contribution is -0.385. The van der Waals surface area contributed by atoms with Gasteiger partial charge in [-0.05, 0) is 18.1 Å². The molecular weight excluding hydrogens is 445 g/mol. The Morgan fingerprint density at radius 3 is 2.40 bits per heavy atom. The predicted octanol–water partition coefficient (Wildman–Crippen LogP) is 5.76. The average Bonchev–Trinajstić information content (AvgIpc) is 2.90. The average molecular weight is 468 g/mol. The number of hydrogen-bond donors (Lipinski definition) is 1. The third-order valence-corrected chi connectivity index (χ3v) is 7.32. The lowest BCUT2D eigenvalue weighted by atomic mass is 10.1. The van der Waals surface area contributed by atoms with E-state index < -0.39 is 9.92 Å². The molecule has 1 unspecified atom stereocenters. The second-order valence-electron chi connectivity index (χ2n) is 7.22. The number of nitro benzene ring substituents is 1. The molecule has 1 heterocycles. The van der Waals surface area contributed by atoms with Crippen LogP contribution in [0, 0.1) is 16.0 Å². The van der Waals surface area contributed by atoms with Crippen molar-refractivity contribution in [3.63, 3.8) is 0 Å². The molecule has 30 heavy (non-hydrogen) atoms. The Morgan fingerprint density at radius 2 is 1.80 bits per heavy atom. The van der Waals surface area contributed by atoms with Gasteiger partial charge in [0.2, 0.25) is 0 Å². The predicted molar refractivity (Wildman–Crippen MR) is 121 cm³/mol. The molecular formula is C21H23Cl2N3O3S. The van der Waals surface area contributed by atoms with E-state index >= 15 is 0 Å². The van der Waals surface area contributed by atoms with E-state index in [9.17, 15) is 15.2 Å². The van der Waals surface area contributed by atoms with Crippen LogP contribution in [0.15, 0.2) is 70.3 Å². The maximum absolute atomic E-state index is 11.6. The van der Waals surface area contributed by atoms with Gasteiger partial charge in [0, 0.05) is 41.3 Å². The quantitative estimate of drug-likeness (QED) is 0.230. The minimum atomic E-state index is -0.946. The van der Waals surface area contributed by atoms with Gasteiger partial charge in [-0.25, -0.2) is 0 Å². The zero-order chi connectivity index (χ0) is 21.9. The monoisotopic (exact) mass is 467 g/mol. The number of nitro groups is 1. The van der Waals surface area contributed by atoms with Crippen molar-refractivity contribution in [2.45, 2.75) is 36.7 Å². The summed E-state index contributed by atoms with van der Waals surface area (Å²) in [6, 6.07) is 16.3. The highest BCUT2D eigenvalue weighted by Gasteiger charge is 2.52. The van der Waals surface area contributed by atoms with Crippen molar-refractivity contribution in [2.24, 2.45) is 5.92 Å². The molecule has 0 saturated heterocycles. The SMILES string of the molecule is CC(C)C1=C(Cl)N(Cc2ccccc2[N+](=O)[O-])C(CCO)(Sc2ccccc2)N1Cl. The van der Waals surface area contributed by atoms with Gasteiger partial charge in [0.05, 0.1) is 17.2 Å². The smallest absolute Gasteiger partial charge is 0.274 e. The molecule has 2 aromatic rings. The molecule has 3 rings (SSSR count). The minimum Gasteiger partial charge on any atom is -0.396 e. The van der Waals surface area contributed by atoms with E-state index in [0.717, 1.165) is 4.90 Å². The van der Waals surface area contributed by atoms with Crippen LogP contribution in [0.4, 0.5) is 5.69 Å². The fourth-order valence-corrected chi connectivity index (χ4v) is 5.98. The highest BCUT2D eigenvalue weighted by atomic mass is 35.5. The Hall–Kier alpha value is -1.93. The van der Waals surface area contributed by atoms with Gasteiger partial charge < -0.3 is 10.0 Å². The van der Waals surface area contributed by atoms with Crippen LogP contribution < -0.4 is 0 Å². The molecule has 0 fully saturated rings. The van der Waals surface area contributed by atoms with Crippen LogP contribution >= 0.6 is 35.1 Å². The van der Waals surface area contributed by atoms with Crippen LogP contribution in [0.1, 0.15) is 25.8 Å². The van der Waals surface area contributed by atoms with Crippen molar-refractivity contribution in [2.75, 3.05) is 6.61 Å². The van der Waals surface area contributed by atoms with Crippen molar-refractivity contribution >= 4 is 40.8 Å². The van der Waals surface area contributed by atoms with Crippen molar-refractivity contribution in [1.82, 2.24) is 9.32 Å². The first kappa shape index (κ1) is 22.7. The van der Waals surface area contributed by atoms with Crippen LogP contribution in [0.2, 0.25) is 0 Å². The zero-order valence-corrected chi connectivity index (χ0v) is 19.0. The fourth-order valence-electron chi connectivity index (χ4n) is 3.52. The second-order valence-corrected chi connectivity index (χ2v) is 9.24. The number of aliphatic hydroxyl groups excluding tert-OH is 1. The highest BCUT2D eigenvalue weighted by Crippen LogP contribution is 2.54. The Morgan fingerprint density at radius 1 is 1.17 bits per heavy atom. The van der Waals surface area contributed by atoms with E-state index in [1.807, 2.05) is 49.1 Å². The molecule has 6 nitrogen and oxygen atoms in total. The molecule has 0 saturated carbocycles. The number of para-hydroxylation sites is 1. The number of rotatable bonds is 8. The highest BCUT2D eigenvalue weighted by molar-refractivity contribution is 8.00. The Kier molecular flexibility index (Phi) is 7.18. The van der Waals surface area contributed by atoms with Gasteiger partial charge in [0.25, 0.3) is 5.69 Å². The fraction of sp³-hybridized carbons (Fsp3) is 0.333. The minimum absolute atomic E-state index is 0.0141. The van der Waals surface area contributed by atoms with Gasteiger partial charge in [-0.1, -0.05) is 73.6 Å². The first-order valence-corrected chi connectivity index (χ1v) is 11.1. The van der Waals surface area contributed by atoms with E-state index in [-0.39, 0.29) is 31.2 Å². The maximum Gasteiger partial charge on any atom is 0.274 e. The molecule has 1 aliphatic rings. The van der Waals surface area contributed by atoms with Crippen molar-refractivity contribution < 1.29 is 10.0 Å². The summed E-state index contributed by atoms with van der Waals surface area (Å²) in [7, 11) is 0. The molecule has 2 aromatic carbocycles. The third-order valence-electron chi connectivity index (χ3n) is 4.91. The summed E-state index contributed by atoms with van der Waals surface area (Å²) in [6.07, 6.45) is 0.281. The summed E-state index contributed by atoms with van der Waals surface area (Å²) in [5.74, 6) is 0.0141. The summed E-state index contributed by atoms with van der Waals surface area (Å²) in [6.45, 7) is 4.01. The van der Waals surface area contributed by atoms with Crippen molar-refractivity contribution in [3.8, 4) is 0 Å². The molecule has 160 valence electrons. The van der Waals surface area contributed by atoms with Gasteiger partial charge >= 0.3 is 0 Å². The first-order valence-electron chi connectivity index (χ1n) is 9.52. The number of benzene rings is 2. The Labute approximate surface area is 190 Å². The van der Waals surface area contributed by atoms with Gasteiger partial charge in [0.1, 0.15) is 5.16 Å². The van der Waals surface area contributed by atoms with Crippen LogP contribution in [-0.4, -0.2) is 31.0 Å². The molecule has 0 aromatic heterocycles. The van der Waals surface area contributed by atoms with Gasteiger partial charge in [-0.3, -0.25) is 14.5 Å². The molecule has 1 N–H and O–H groups in total. The van der Waals surface area contributed by atoms with E-state index in [1.54, 1.807) is 22.6 Å². The summed E-state index contributed by atoms with van der Waals surface area (Å²) in [5.41, 5.74) is 1.25. The summed E-state index contributed by atoms with van der Waals surface area (Å²) in [4.78, 5) is 13.0. The number of allylic oxidation sites excluding steroid dienone is 1. The van der Waals surface area contributed by atoms with Crippen molar-refractivity contribution in [1.29, 1.82) is 0 Å². The van der Waals surface area contributed by atoms with Gasteiger partial charge in [-0.15, -0.1) is 0 Å². The molecule has 9 heteroatoms. The number of halogens is 2. The van der Waals surface area contributed by atoms with E-state index in [4.69, 9.17) is 23.4 Å². The maximum atomic E-state index is 11.6. The number of thioether (sulfide) groups is 1.